The van der Waals surface area contributed by atoms with Gasteiger partial charge in [0.15, 0.2) is 0 Å². The Labute approximate surface area is 185 Å². The van der Waals surface area contributed by atoms with Gasteiger partial charge in [0.2, 0.25) is 15.9 Å². The number of aromatic nitrogens is 2. The zero-order chi connectivity index (χ0) is 22.4. The van der Waals surface area contributed by atoms with Crippen LogP contribution in [0.25, 0.3) is 0 Å². The minimum Gasteiger partial charge on any atom is -0.323 e. The number of carbonyl (C=O) groups excluding carboxylic acids is 1. The van der Waals surface area contributed by atoms with Crippen molar-refractivity contribution in [2.45, 2.75) is 45.1 Å². The normalized spacial score (nSPS) is 16.0. The fraction of sp³-hybridized carbons (Fsp3) is 0.545. The van der Waals surface area contributed by atoms with E-state index in [9.17, 15) is 13.2 Å². The third-order valence-electron chi connectivity index (χ3n) is 5.92. The number of hydrogen-bond donors (Lipinski definition) is 1. The van der Waals surface area contributed by atoms with E-state index in [0.717, 1.165) is 31.7 Å². The van der Waals surface area contributed by atoms with Crippen LogP contribution in [-0.4, -0.2) is 66.0 Å². The van der Waals surface area contributed by atoms with Gasteiger partial charge in [0, 0.05) is 31.7 Å². The lowest BCUT2D eigenvalue weighted by Crippen LogP contribution is -2.41. The van der Waals surface area contributed by atoms with Crippen LogP contribution in [0.1, 0.15) is 32.3 Å². The van der Waals surface area contributed by atoms with Crippen molar-refractivity contribution in [2.24, 2.45) is 5.92 Å². The van der Waals surface area contributed by atoms with Crippen LogP contribution >= 0.6 is 0 Å². The number of hydrogen-bond acceptors (Lipinski definition) is 5. The van der Waals surface area contributed by atoms with Crippen LogP contribution in [0.4, 0.5) is 5.69 Å². The first-order valence-corrected chi connectivity index (χ1v) is 12.4. The smallest absolute Gasteiger partial charge is 0.243 e. The quantitative estimate of drug-likeness (QED) is 0.638. The third kappa shape index (κ3) is 5.93. The van der Waals surface area contributed by atoms with E-state index >= 15 is 0 Å². The predicted molar refractivity (Wildman–Crippen MR) is 121 cm³/mol. The second kappa shape index (κ2) is 10.4. The number of benzene rings is 1. The molecule has 1 aromatic heterocycles. The summed E-state index contributed by atoms with van der Waals surface area (Å²) >= 11 is 0. The van der Waals surface area contributed by atoms with Gasteiger partial charge in [-0.25, -0.2) is 8.42 Å². The van der Waals surface area contributed by atoms with E-state index in [2.05, 4.69) is 29.2 Å². The summed E-state index contributed by atoms with van der Waals surface area (Å²) < 4.78 is 29.0. The third-order valence-corrected chi connectivity index (χ3v) is 7.84. The number of nitrogens with one attached hydrogen (secondary N) is 1. The Morgan fingerprint density at radius 3 is 2.42 bits per heavy atom. The molecule has 1 saturated heterocycles. The minimum atomic E-state index is -3.52. The van der Waals surface area contributed by atoms with Gasteiger partial charge in [-0.1, -0.05) is 31.5 Å². The van der Waals surface area contributed by atoms with Gasteiger partial charge >= 0.3 is 0 Å². The lowest BCUT2D eigenvalue weighted by atomic mass is 9.97. The minimum absolute atomic E-state index is 0.0734. The highest BCUT2D eigenvalue weighted by atomic mass is 32.2. The maximum atomic E-state index is 12.8. The molecule has 1 fully saturated rings. The van der Waals surface area contributed by atoms with Gasteiger partial charge < -0.3 is 10.2 Å². The molecule has 2 aromatic rings. The van der Waals surface area contributed by atoms with Gasteiger partial charge in [0.1, 0.15) is 0 Å². The zero-order valence-electron chi connectivity index (χ0n) is 18.6. The van der Waals surface area contributed by atoms with E-state index in [4.69, 9.17) is 0 Å². The summed E-state index contributed by atoms with van der Waals surface area (Å²) in [6, 6.07) is 6.88. The lowest BCUT2D eigenvalue weighted by Gasteiger charge is -2.30. The Bertz CT molecular complexity index is 959. The summed E-state index contributed by atoms with van der Waals surface area (Å²) in [5.41, 5.74) is 1.70. The highest BCUT2D eigenvalue weighted by molar-refractivity contribution is 7.89. The summed E-state index contributed by atoms with van der Waals surface area (Å²) in [4.78, 5) is 15.3. The highest BCUT2D eigenvalue weighted by Gasteiger charge is 2.32. The first-order valence-electron chi connectivity index (χ1n) is 11.0. The van der Waals surface area contributed by atoms with Gasteiger partial charge in [0.25, 0.3) is 0 Å². The van der Waals surface area contributed by atoms with Crippen molar-refractivity contribution in [3.63, 3.8) is 0 Å². The van der Waals surface area contributed by atoms with Gasteiger partial charge in [-0.2, -0.15) is 9.40 Å². The second-order valence-corrected chi connectivity index (χ2v) is 9.94. The van der Waals surface area contributed by atoms with E-state index in [1.807, 2.05) is 17.8 Å². The number of nitrogens with zero attached hydrogens (tertiary/aromatic N) is 4. The van der Waals surface area contributed by atoms with E-state index in [0.29, 0.717) is 36.5 Å². The molecule has 1 N–H and O–H groups in total. The maximum Gasteiger partial charge on any atom is 0.243 e. The Hall–Kier alpha value is -2.23. The Balaban J connectivity index is 1.51. The molecular weight excluding hydrogens is 414 g/mol. The van der Waals surface area contributed by atoms with E-state index in [1.54, 1.807) is 30.5 Å². The van der Waals surface area contributed by atoms with Crippen molar-refractivity contribution in [3.8, 4) is 0 Å². The van der Waals surface area contributed by atoms with Crippen LogP contribution in [-0.2, 0) is 21.4 Å². The molecule has 0 saturated carbocycles. The van der Waals surface area contributed by atoms with Crippen LogP contribution in [0.5, 0.6) is 0 Å². The second-order valence-electron chi connectivity index (χ2n) is 8.00. The van der Waals surface area contributed by atoms with E-state index in [-0.39, 0.29) is 11.8 Å². The number of sulfonamides is 1. The van der Waals surface area contributed by atoms with Gasteiger partial charge in [0.05, 0.1) is 23.3 Å². The molecule has 9 heteroatoms. The zero-order valence-corrected chi connectivity index (χ0v) is 19.4. The number of amides is 1. The number of anilines is 1. The summed E-state index contributed by atoms with van der Waals surface area (Å²) in [6.07, 6.45) is 4.52. The summed E-state index contributed by atoms with van der Waals surface area (Å²) in [5.74, 6) is -0.279. The molecule has 2 heterocycles. The van der Waals surface area contributed by atoms with Crippen LogP contribution in [0.15, 0.2) is 41.6 Å². The SMILES string of the molecule is CCN(CC)CCn1cc(NC(=O)C2CCN(S(=O)(=O)c3ccc(C)cc3)CC2)cn1. The molecule has 0 unspecified atom stereocenters. The van der Waals surface area contributed by atoms with Crippen LogP contribution in [0.3, 0.4) is 0 Å². The molecule has 0 aliphatic carbocycles. The largest absolute Gasteiger partial charge is 0.323 e. The van der Waals surface area contributed by atoms with Crippen molar-refractivity contribution in [3.05, 3.63) is 42.2 Å². The van der Waals surface area contributed by atoms with Crippen molar-refractivity contribution in [2.75, 3.05) is 38.0 Å². The number of likely N-dealkylation sites (N-methyl/N-ethyl adjacent to an activating group) is 1. The van der Waals surface area contributed by atoms with Crippen LogP contribution < -0.4 is 5.32 Å². The molecule has 0 bridgehead atoms. The lowest BCUT2D eigenvalue weighted by molar-refractivity contribution is -0.120. The number of piperidine rings is 1. The van der Waals surface area contributed by atoms with Crippen molar-refractivity contribution in [1.82, 2.24) is 19.0 Å². The average molecular weight is 448 g/mol. The van der Waals surface area contributed by atoms with Crippen molar-refractivity contribution < 1.29 is 13.2 Å². The highest BCUT2D eigenvalue weighted by Crippen LogP contribution is 2.25. The van der Waals surface area contributed by atoms with Crippen molar-refractivity contribution in [1.29, 1.82) is 0 Å². The molecule has 1 aliphatic heterocycles. The monoisotopic (exact) mass is 447 g/mol. The summed E-state index contributed by atoms with van der Waals surface area (Å²) in [7, 11) is -3.52. The number of rotatable bonds is 9. The molecule has 1 aliphatic rings. The molecule has 3 rings (SSSR count). The fourth-order valence-electron chi connectivity index (χ4n) is 3.80. The van der Waals surface area contributed by atoms with E-state index < -0.39 is 10.0 Å². The maximum absolute atomic E-state index is 12.8. The summed E-state index contributed by atoms with van der Waals surface area (Å²) in [6.45, 7) is 10.6. The van der Waals surface area contributed by atoms with Gasteiger partial charge in [-0.05, 0) is 45.0 Å². The van der Waals surface area contributed by atoms with Crippen molar-refractivity contribution >= 4 is 21.6 Å². The van der Waals surface area contributed by atoms with Gasteiger partial charge in [-0.3, -0.25) is 9.48 Å². The molecule has 0 spiro atoms. The predicted octanol–water partition coefficient (Wildman–Crippen LogP) is 2.57. The molecular formula is C22H33N5O3S. The number of aryl methyl sites for hydroxylation is 1. The van der Waals surface area contributed by atoms with Gasteiger partial charge in [-0.15, -0.1) is 0 Å². The molecule has 0 atom stereocenters. The van der Waals surface area contributed by atoms with E-state index in [1.165, 1.54) is 4.31 Å². The molecule has 1 aromatic carbocycles. The summed E-state index contributed by atoms with van der Waals surface area (Å²) in [5, 5.41) is 7.26. The Kier molecular flexibility index (Phi) is 7.85. The Morgan fingerprint density at radius 1 is 1.16 bits per heavy atom. The topological polar surface area (TPSA) is 87.5 Å². The molecule has 1 amide bonds. The molecule has 8 nitrogen and oxygen atoms in total. The number of carbonyl (C=O) groups is 1. The van der Waals surface area contributed by atoms with Crippen LogP contribution in [0.2, 0.25) is 0 Å². The first-order chi connectivity index (χ1) is 14.8. The fourth-order valence-corrected chi connectivity index (χ4v) is 5.27. The molecule has 31 heavy (non-hydrogen) atoms. The standard InChI is InChI=1S/C22H33N5O3S/c1-4-25(5-2)14-15-26-17-20(16-23-26)24-22(28)19-10-12-27(13-11-19)31(29,30)21-8-6-18(3)7-9-21/h6-9,16-17,19H,4-5,10-15H2,1-3H3,(H,24,28). The molecule has 170 valence electrons. The Morgan fingerprint density at radius 2 is 1.81 bits per heavy atom. The average Bonchev–Trinajstić information content (AvgIpc) is 3.22. The first kappa shape index (κ1) is 23.4. The van der Waals surface area contributed by atoms with Crippen LogP contribution in [0, 0.1) is 12.8 Å². The molecule has 0 radical (unpaired) electrons.